The molecule has 0 rings (SSSR count). The molecule has 4 atom stereocenters. The van der Waals surface area contributed by atoms with Gasteiger partial charge in [0.05, 0.1) is 13.2 Å². The molecule has 0 aliphatic rings. The molecule has 0 aromatic heterocycles. The Hall–Kier alpha value is -3.33. The second-order valence-corrected chi connectivity index (χ2v) is 8.14. The van der Waals surface area contributed by atoms with Gasteiger partial charge in [0.1, 0.15) is 19.3 Å². The van der Waals surface area contributed by atoms with Gasteiger partial charge in [-0.05, 0) is 25.4 Å². The molecule has 0 fully saturated rings. The predicted octanol–water partition coefficient (Wildman–Crippen LogP) is 0.124. The zero-order valence-electron chi connectivity index (χ0n) is 22.8. The molecule has 39 heavy (non-hydrogen) atoms. The summed E-state index contributed by atoms with van der Waals surface area (Å²) in [6.07, 6.45) is -4.61. The highest BCUT2D eigenvalue weighted by molar-refractivity contribution is 6.62. The summed E-state index contributed by atoms with van der Waals surface area (Å²) in [6.45, 7) is 12.6. The number of halogens is 1. The average Bonchev–Trinajstić information content (AvgIpc) is 2.81. The molecule has 0 saturated carbocycles. The Morgan fingerprint density at radius 2 is 0.974 bits per heavy atom. The number of aliphatic hydroxyl groups excluding tert-OH is 3. The van der Waals surface area contributed by atoms with Crippen LogP contribution in [0, 0.1) is 0 Å². The van der Waals surface area contributed by atoms with Crippen LogP contribution >= 0.6 is 11.6 Å². The Morgan fingerprint density at radius 3 is 1.23 bits per heavy atom. The van der Waals surface area contributed by atoms with Gasteiger partial charge < -0.3 is 39.0 Å². The highest BCUT2D eigenvalue weighted by atomic mass is 35.5. The summed E-state index contributed by atoms with van der Waals surface area (Å²) in [5, 5.41) is 25.9. The fraction of sp³-hybridized carbons (Fsp3) is 0.583. The van der Waals surface area contributed by atoms with E-state index in [-0.39, 0.29) is 29.6 Å². The summed E-state index contributed by atoms with van der Waals surface area (Å²) >= 11 is 4.64. The first-order chi connectivity index (χ1) is 17.9. The van der Waals surface area contributed by atoms with Crippen molar-refractivity contribution in [1.82, 2.24) is 0 Å². The van der Waals surface area contributed by atoms with E-state index >= 15 is 0 Å². The predicted molar refractivity (Wildman–Crippen MR) is 135 cm³/mol. The van der Waals surface area contributed by atoms with Crippen LogP contribution in [0.25, 0.3) is 0 Å². The van der Waals surface area contributed by atoms with Crippen molar-refractivity contribution in [2.45, 2.75) is 66.0 Å². The molecule has 15 heteroatoms. The molecule has 0 radical (unpaired) electrons. The third-order valence-electron chi connectivity index (χ3n) is 3.64. The van der Waals surface area contributed by atoms with E-state index < -0.39 is 67.5 Å². The number of hydrogen-bond donors (Lipinski definition) is 3. The summed E-state index contributed by atoms with van der Waals surface area (Å²) in [6, 6.07) is 0. The maximum absolute atomic E-state index is 11.6. The van der Waals surface area contributed by atoms with Crippen LogP contribution in [0.5, 0.6) is 0 Å². The molecule has 0 aliphatic carbocycles. The highest BCUT2D eigenvalue weighted by Crippen LogP contribution is 2.10. The number of carbonyl (C=O) groups excluding carboxylic acids is 6. The lowest BCUT2D eigenvalue weighted by atomic mass is 10.2. The van der Waals surface area contributed by atoms with E-state index in [1.54, 1.807) is 0 Å². The lowest BCUT2D eigenvalue weighted by molar-refractivity contribution is -0.178. The van der Waals surface area contributed by atoms with Crippen molar-refractivity contribution in [3.05, 3.63) is 24.3 Å². The van der Waals surface area contributed by atoms with Gasteiger partial charge >= 0.3 is 29.8 Å². The number of hydrogen-bond acceptors (Lipinski definition) is 14. The van der Waals surface area contributed by atoms with Crippen molar-refractivity contribution >= 4 is 46.7 Å². The monoisotopic (exact) mass is 584 g/mol. The molecule has 14 nitrogen and oxygen atoms in total. The maximum Gasteiger partial charge on any atom is 0.333 e. The van der Waals surface area contributed by atoms with E-state index in [9.17, 15) is 28.8 Å². The van der Waals surface area contributed by atoms with E-state index in [2.05, 4.69) is 29.5 Å². The third kappa shape index (κ3) is 24.7. The minimum Gasteiger partial charge on any atom is -0.462 e. The molecule has 0 spiro atoms. The molecule has 0 heterocycles. The maximum atomic E-state index is 11.6. The molecule has 0 amide bonds. The molecule has 0 aromatic carbocycles. The van der Waals surface area contributed by atoms with Gasteiger partial charge in [-0.3, -0.25) is 19.2 Å². The van der Waals surface area contributed by atoms with Gasteiger partial charge in [-0.2, -0.15) is 0 Å². The van der Waals surface area contributed by atoms with Crippen molar-refractivity contribution in [3.63, 3.8) is 0 Å². The first-order valence-electron chi connectivity index (χ1n) is 11.1. The van der Waals surface area contributed by atoms with Crippen LogP contribution in [0.1, 0.15) is 41.5 Å². The summed E-state index contributed by atoms with van der Waals surface area (Å²) in [4.78, 5) is 64.7. The van der Waals surface area contributed by atoms with Crippen molar-refractivity contribution in [2.24, 2.45) is 0 Å². The van der Waals surface area contributed by atoms with Crippen LogP contribution in [0.15, 0.2) is 24.3 Å². The number of rotatable bonds is 13. The van der Waals surface area contributed by atoms with Crippen molar-refractivity contribution in [3.8, 4) is 0 Å². The SMILES string of the molecule is C=C(C)C(=O)OC(CO)C(O)CO.C=C(C)C(=O)OC(COC(C)=O)C(COC(C)=O)OC(C)=O.CC(=O)Cl. The second kappa shape index (κ2) is 22.6. The zero-order valence-corrected chi connectivity index (χ0v) is 23.5. The Morgan fingerprint density at radius 1 is 0.641 bits per heavy atom. The summed E-state index contributed by atoms with van der Waals surface area (Å²) in [5.74, 6) is -3.33. The molecular weight excluding hydrogens is 548 g/mol. The quantitative estimate of drug-likeness (QED) is 0.114. The summed E-state index contributed by atoms with van der Waals surface area (Å²) < 4.78 is 24.2. The number of carbonyl (C=O) groups is 6. The minimum atomic E-state index is -1.27. The molecular formula is C24H37ClO14. The van der Waals surface area contributed by atoms with Crippen LogP contribution < -0.4 is 0 Å². The van der Waals surface area contributed by atoms with Crippen molar-refractivity contribution in [1.29, 1.82) is 0 Å². The number of esters is 5. The minimum absolute atomic E-state index is 0.113. The van der Waals surface area contributed by atoms with Gasteiger partial charge in [0.15, 0.2) is 18.3 Å². The van der Waals surface area contributed by atoms with E-state index in [4.69, 9.17) is 34.3 Å². The smallest absolute Gasteiger partial charge is 0.333 e. The Bertz CT molecular complexity index is 850. The van der Waals surface area contributed by atoms with Crippen LogP contribution in [0.4, 0.5) is 0 Å². The normalized spacial score (nSPS) is 12.7. The first kappa shape index (κ1) is 40.2. The van der Waals surface area contributed by atoms with Crippen LogP contribution in [-0.4, -0.2) is 101 Å². The summed E-state index contributed by atoms with van der Waals surface area (Å²) in [5.41, 5.74) is 0.283. The molecule has 0 aliphatic heterocycles. The number of aliphatic hydroxyl groups is 3. The van der Waals surface area contributed by atoms with Crippen LogP contribution in [0.3, 0.4) is 0 Å². The molecule has 4 unspecified atom stereocenters. The molecule has 3 N–H and O–H groups in total. The highest BCUT2D eigenvalue weighted by Gasteiger charge is 2.30. The fourth-order valence-corrected chi connectivity index (χ4v) is 1.88. The molecule has 0 saturated heterocycles. The molecule has 0 bridgehead atoms. The Labute approximate surface area is 231 Å². The lowest BCUT2D eigenvalue weighted by Gasteiger charge is -2.25. The van der Waals surface area contributed by atoms with E-state index in [1.165, 1.54) is 34.6 Å². The second-order valence-electron chi connectivity index (χ2n) is 7.60. The van der Waals surface area contributed by atoms with E-state index in [0.717, 1.165) is 6.92 Å². The third-order valence-corrected chi connectivity index (χ3v) is 3.64. The van der Waals surface area contributed by atoms with Crippen LogP contribution in [0.2, 0.25) is 0 Å². The summed E-state index contributed by atoms with van der Waals surface area (Å²) in [7, 11) is 0. The van der Waals surface area contributed by atoms with Gasteiger partial charge in [0.25, 0.3) is 0 Å². The Balaban J connectivity index is -0.000000642. The van der Waals surface area contributed by atoms with E-state index in [1.807, 2.05) is 0 Å². The lowest BCUT2D eigenvalue weighted by Crippen LogP contribution is -2.42. The molecule has 224 valence electrons. The largest absolute Gasteiger partial charge is 0.462 e. The van der Waals surface area contributed by atoms with Gasteiger partial charge in [-0.15, -0.1) is 0 Å². The Kier molecular flexibility index (Phi) is 23.3. The van der Waals surface area contributed by atoms with Gasteiger partial charge in [0.2, 0.25) is 5.24 Å². The fourth-order valence-electron chi connectivity index (χ4n) is 1.88. The zero-order chi connectivity index (χ0) is 31.3. The average molecular weight is 585 g/mol. The molecule has 0 aromatic rings. The van der Waals surface area contributed by atoms with E-state index in [0.29, 0.717) is 0 Å². The van der Waals surface area contributed by atoms with Gasteiger partial charge in [-0.25, -0.2) is 9.59 Å². The van der Waals surface area contributed by atoms with Gasteiger partial charge in [-0.1, -0.05) is 13.2 Å². The number of ether oxygens (including phenoxy) is 5. The van der Waals surface area contributed by atoms with Crippen molar-refractivity contribution in [2.75, 3.05) is 26.4 Å². The van der Waals surface area contributed by atoms with Crippen molar-refractivity contribution < 1.29 is 67.8 Å². The standard InChI is InChI=1S/C14H20O8.C8H14O5.C2H3ClO/c1-8(2)14(18)22-13(7-20-10(4)16)12(21-11(5)17)6-19-9(3)15;1-5(2)8(12)13-7(4-10)6(11)3-9;1-2(3)4/h12-13H,1,6-7H2,2-5H3;6-7,9-11H,1,3-4H2,2H3;1H3. The van der Waals surface area contributed by atoms with Gasteiger partial charge in [0, 0.05) is 38.8 Å². The first-order valence-corrected chi connectivity index (χ1v) is 11.5. The van der Waals surface area contributed by atoms with Crippen LogP contribution in [-0.2, 0) is 52.5 Å². The topological polar surface area (TPSA) is 209 Å².